The maximum Gasteiger partial charge on any atom is 0.101 e. The van der Waals surface area contributed by atoms with E-state index in [0.717, 1.165) is 0 Å². The molecule has 2 aliphatic rings. The highest BCUT2D eigenvalue weighted by molar-refractivity contribution is 5.83. The van der Waals surface area contributed by atoms with E-state index in [1.807, 2.05) is 0 Å². The fourth-order valence-electron chi connectivity index (χ4n) is 5.24. The third-order valence-corrected chi connectivity index (χ3v) is 6.85. The van der Waals surface area contributed by atoms with Crippen LogP contribution in [0.2, 0.25) is 0 Å². The Kier molecular flexibility index (Phi) is 4.95. The van der Waals surface area contributed by atoms with Crippen LogP contribution in [0.15, 0.2) is 84.9 Å². The topological polar surface area (TPSA) is 30.5 Å². The van der Waals surface area contributed by atoms with Crippen LogP contribution in [0.5, 0.6) is 0 Å². The molecule has 2 bridgehead atoms. The summed E-state index contributed by atoms with van der Waals surface area (Å²) in [6.07, 6.45) is 2.54. The molecule has 1 N–H and O–H groups in total. The zero-order chi connectivity index (χ0) is 20.6. The highest BCUT2D eigenvalue weighted by Gasteiger charge is 2.48. The van der Waals surface area contributed by atoms with Gasteiger partial charge in [0, 0.05) is 12.1 Å². The summed E-state index contributed by atoms with van der Waals surface area (Å²) in [5.41, 5.74) is 2.43. The number of rotatable bonds is 6. The van der Waals surface area contributed by atoms with Gasteiger partial charge in [-0.05, 0) is 57.6 Å². The predicted molar refractivity (Wildman–Crippen MR) is 125 cm³/mol. The third kappa shape index (κ3) is 3.74. The molecule has 0 aromatic heterocycles. The van der Waals surface area contributed by atoms with E-state index < -0.39 is 0 Å². The number of hydrogen-bond acceptors (Lipinski definition) is 3. The summed E-state index contributed by atoms with van der Waals surface area (Å²) in [6, 6.07) is 30.9. The standard InChI is InChI=1S/C28H27NO2/c1-3-7-23-15-19(9-11-21(23)5-1)17-30-27-25-13-14-26(29-25)28(27)31-18-20-10-12-22-6-2-4-8-24(22)16-20/h1-12,15-16,25-29H,13-14,17-18H2/t25-,26+,27-,28+. The minimum absolute atomic E-state index is 0.102. The second-order valence-electron chi connectivity index (χ2n) is 8.87. The predicted octanol–water partition coefficient (Wildman–Crippen LogP) is 5.60. The lowest BCUT2D eigenvalue weighted by Gasteiger charge is -2.29. The van der Waals surface area contributed by atoms with Gasteiger partial charge >= 0.3 is 0 Å². The molecule has 6 rings (SSSR count). The van der Waals surface area contributed by atoms with Crippen LogP contribution in [0.3, 0.4) is 0 Å². The number of ether oxygens (including phenoxy) is 2. The first kappa shape index (κ1) is 19.0. The molecule has 2 heterocycles. The molecule has 4 atom stereocenters. The van der Waals surface area contributed by atoms with E-state index in [9.17, 15) is 0 Å². The van der Waals surface area contributed by atoms with E-state index in [0.29, 0.717) is 25.3 Å². The highest BCUT2D eigenvalue weighted by Crippen LogP contribution is 2.34. The van der Waals surface area contributed by atoms with Crippen molar-refractivity contribution in [1.29, 1.82) is 0 Å². The molecular weight excluding hydrogens is 382 g/mol. The van der Waals surface area contributed by atoms with Crippen LogP contribution in [0, 0.1) is 0 Å². The van der Waals surface area contributed by atoms with Crippen molar-refractivity contribution in [1.82, 2.24) is 5.32 Å². The van der Waals surface area contributed by atoms with Crippen LogP contribution in [-0.4, -0.2) is 24.3 Å². The number of hydrogen-bond donors (Lipinski definition) is 1. The lowest BCUT2D eigenvalue weighted by molar-refractivity contribution is -0.0886. The fraction of sp³-hybridized carbons (Fsp3) is 0.286. The molecule has 4 aromatic carbocycles. The van der Waals surface area contributed by atoms with Gasteiger partial charge in [-0.15, -0.1) is 0 Å². The van der Waals surface area contributed by atoms with Gasteiger partial charge in [-0.1, -0.05) is 72.8 Å². The molecule has 31 heavy (non-hydrogen) atoms. The van der Waals surface area contributed by atoms with Crippen molar-refractivity contribution < 1.29 is 9.47 Å². The lowest BCUT2D eigenvalue weighted by Crippen LogP contribution is -2.40. The molecule has 2 aliphatic heterocycles. The smallest absolute Gasteiger partial charge is 0.101 e. The quantitative estimate of drug-likeness (QED) is 0.450. The molecule has 3 heteroatoms. The van der Waals surface area contributed by atoms with Crippen molar-refractivity contribution in [2.75, 3.05) is 0 Å². The van der Waals surface area contributed by atoms with Gasteiger partial charge in [0.1, 0.15) is 12.2 Å². The van der Waals surface area contributed by atoms with Crippen molar-refractivity contribution in [2.45, 2.75) is 50.3 Å². The second-order valence-corrected chi connectivity index (χ2v) is 8.87. The van der Waals surface area contributed by atoms with Crippen LogP contribution < -0.4 is 5.32 Å². The average Bonchev–Trinajstić information content (AvgIpc) is 3.43. The van der Waals surface area contributed by atoms with Gasteiger partial charge in [-0.3, -0.25) is 0 Å². The Hall–Kier alpha value is -2.72. The Morgan fingerprint density at radius 3 is 1.52 bits per heavy atom. The van der Waals surface area contributed by atoms with Crippen molar-refractivity contribution in [3.05, 3.63) is 96.1 Å². The molecule has 0 aliphatic carbocycles. The fourth-order valence-corrected chi connectivity index (χ4v) is 5.24. The third-order valence-electron chi connectivity index (χ3n) is 6.85. The maximum absolute atomic E-state index is 6.46. The first-order chi connectivity index (χ1) is 15.3. The summed E-state index contributed by atoms with van der Waals surface area (Å²) < 4.78 is 12.9. The minimum Gasteiger partial charge on any atom is -0.369 e. The van der Waals surface area contributed by atoms with E-state index >= 15 is 0 Å². The highest BCUT2D eigenvalue weighted by atomic mass is 16.5. The van der Waals surface area contributed by atoms with Crippen molar-refractivity contribution in [3.8, 4) is 0 Å². The summed E-state index contributed by atoms with van der Waals surface area (Å²) in [4.78, 5) is 0. The molecule has 0 unspecified atom stereocenters. The Morgan fingerprint density at radius 1 is 0.581 bits per heavy atom. The van der Waals surface area contributed by atoms with Crippen LogP contribution in [-0.2, 0) is 22.7 Å². The summed E-state index contributed by atoms with van der Waals surface area (Å²) in [7, 11) is 0. The minimum atomic E-state index is 0.102. The normalized spacial score (nSPS) is 24.9. The number of nitrogens with one attached hydrogen (secondary N) is 1. The molecule has 4 aromatic rings. The Balaban J connectivity index is 1.14. The average molecular weight is 410 g/mol. The Morgan fingerprint density at radius 2 is 1.03 bits per heavy atom. The van der Waals surface area contributed by atoms with Crippen LogP contribution >= 0.6 is 0 Å². The van der Waals surface area contributed by atoms with Gasteiger partial charge in [0.15, 0.2) is 0 Å². The summed E-state index contributed by atoms with van der Waals surface area (Å²) >= 11 is 0. The van der Waals surface area contributed by atoms with E-state index in [1.54, 1.807) is 0 Å². The molecule has 2 saturated heterocycles. The van der Waals surface area contributed by atoms with Crippen molar-refractivity contribution in [2.24, 2.45) is 0 Å². The molecule has 0 amide bonds. The molecule has 0 radical (unpaired) electrons. The molecule has 0 spiro atoms. The molecular formula is C28H27NO2. The van der Waals surface area contributed by atoms with E-state index in [1.165, 1.54) is 45.5 Å². The van der Waals surface area contributed by atoms with Gasteiger partial charge < -0.3 is 14.8 Å². The first-order valence-electron chi connectivity index (χ1n) is 11.3. The van der Waals surface area contributed by atoms with E-state index in [2.05, 4.69) is 90.2 Å². The SMILES string of the molecule is c1ccc2cc(CO[C@@H]3[C@H](OCc4ccc5ccccc5c4)[C@H]4CC[C@@H]3N4)ccc2c1. The molecule has 3 nitrogen and oxygen atoms in total. The number of fused-ring (bicyclic) bond motifs is 4. The van der Waals surface area contributed by atoms with Crippen LogP contribution in [0.25, 0.3) is 21.5 Å². The maximum atomic E-state index is 6.46. The first-order valence-corrected chi connectivity index (χ1v) is 11.3. The second kappa shape index (κ2) is 8.08. The van der Waals surface area contributed by atoms with E-state index in [-0.39, 0.29) is 12.2 Å². The van der Waals surface area contributed by atoms with Gasteiger partial charge in [0.25, 0.3) is 0 Å². The number of benzene rings is 4. The monoisotopic (exact) mass is 409 g/mol. The van der Waals surface area contributed by atoms with E-state index in [4.69, 9.17) is 9.47 Å². The van der Waals surface area contributed by atoms with Crippen molar-refractivity contribution >= 4 is 21.5 Å². The van der Waals surface area contributed by atoms with Crippen LogP contribution in [0.4, 0.5) is 0 Å². The van der Waals surface area contributed by atoms with Gasteiger partial charge in [0.2, 0.25) is 0 Å². The summed E-state index contributed by atoms with van der Waals surface area (Å²) in [6.45, 7) is 1.24. The Labute approximate surface area is 183 Å². The zero-order valence-corrected chi connectivity index (χ0v) is 17.5. The zero-order valence-electron chi connectivity index (χ0n) is 17.5. The van der Waals surface area contributed by atoms with Gasteiger partial charge in [-0.2, -0.15) is 0 Å². The van der Waals surface area contributed by atoms with Gasteiger partial charge in [-0.25, -0.2) is 0 Å². The van der Waals surface area contributed by atoms with Crippen molar-refractivity contribution in [3.63, 3.8) is 0 Å². The Bertz CT molecular complexity index is 1120. The summed E-state index contributed by atoms with van der Waals surface area (Å²) in [5, 5.41) is 8.77. The lowest BCUT2D eigenvalue weighted by atomic mass is 9.94. The largest absolute Gasteiger partial charge is 0.369 e. The molecule has 2 fully saturated rings. The molecule has 156 valence electrons. The summed E-state index contributed by atoms with van der Waals surface area (Å²) in [5.74, 6) is 0. The van der Waals surface area contributed by atoms with Gasteiger partial charge in [0.05, 0.1) is 13.2 Å². The molecule has 0 saturated carbocycles. The van der Waals surface area contributed by atoms with Crippen LogP contribution in [0.1, 0.15) is 24.0 Å².